The molecule has 0 bridgehead atoms. The number of carbonyl (C=O) groups is 1. The summed E-state index contributed by atoms with van der Waals surface area (Å²) in [6.07, 6.45) is 3.21. The zero-order chi connectivity index (χ0) is 8.43. The van der Waals surface area contributed by atoms with E-state index in [1.807, 2.05) is 6.26 Å². The first kappa shape index (κ1) is 8.13. The first-order valence-electron chi connectivity index (χ1n) is 2.96. The molecule has 0 fully saturated rings. The second kappa shape index (κ2) is 2.96. The number of aromatic carboxylic acids is 1. The second-order valence-corrected chi connectivity index (χ2v) is 2.77. The number of rotatable bonds is 2. The molecule has 0 saturated carbocycles. The van der Waals surface area contributed by atoms with Gasteiger partial charge in [0.05, 0.1) is 6.20 Å². The number of aromatic nitrogens is 2. The van der Waals surface area contributed by atoms with E-state index in [0.29, 0.717) is 5.16 Å². The Morgan fingerprint density at radius 1 is 1.82 bits per heavy atom. The molecule has 0 aliphatic heterocycles. The Kier molecular flexibility index (Phi) is 2.19. The van der Waals surface area contributed by atoms with Gasteiger partial charge in [-0.05, 0) is 6.26 Å². The van der Waals surface area contributed by atoms with Crippen molar-refractivity contribution in [2.24, 2.45) is 7.05 Å². The summed E-state index contributed by atoms with van der Waals surface area (Å²) in [6.45, 7) is 0. The van der Waals surface area contributed by atoms with Crippen molar-refractivity contribution in [3.63, 3.8) is 0 Å². The smallest absolute Gasteiger partial charge is 0.354 e. The average Bonchev–Trinajstić information content (AvgIpc) is 2.30. The summed E-state index contributed by atoms with van der Waals surface area (Å²) in [4.78, 5) is 14.4. The number of imidazole rings is 1. The fourth-order valence-corrected chi connectivity index (χ4v) is 1.31. The fraction of sp³-hybridized carbons (Fsp3) is 0.333. The molecule has 0 amide bonds. The maximum atomic E-state index is 10.5. The molecule has 0 aliphatic carbocycles. The highest BCUT2D eigenvalue weighted by molar-refractivity contribution is 7.98. The molecule has 60 valence electrons. The molecule has 0 spiro atoms. The van der Waals surface area contributed by atoms with Crippen LogP contribution in [0.2, 0.25) is 0 Å². The summed E-state index contributed by atoms with van der Waals surface area (Å²) in [5.74, 6) is -0.944. The van der Waals surface area contributed by atoms with E-state index < -0.39 is 5.97 Å². The number of carboxylic acids is 1. The van der Waals surface area contributed by atoms with Crippen LogP contribution in [0.5, 0.6) is 0 Å². The lowest BCUT2D eigenvalue weighted by atomic mass is 10.5. The number of hydrogen-bond acceptors (Lipinski definition) is 3. The minimum absolute atomic E-state index is 0.217. The quantitative estimate of drug-likeness (QED) is 0.671. The minimum atomic E-state index is -0.944. The second-order valence-electron chi connectivity index (χ2n) is 1.99. The standard InChI is InChI=1S/C6H8N2O2S/c1-8-4(5(9)10)3-7-6(8)11-2/h3H,1-2H3,(H,9,10). The summed E-state index contributed by atoms with van der Waals surface area (Å²) in [5, 5.41) is 9.31. The summed E-state index contributed by atoms with van der Waals surface area (Å²) in [5.41, 5.74) is 0.217. The van der Waals surface area contributed by atoms with Crippen molar-refractivity contribution in [1.82, 2.24) is 9.55 Å². The lowest BCUT2D eigenvalue weighted by molar-refractivity contribution is 0.0685. The normalized spacial score (nSPS) is 10.0. The third-order valence-corrected chi connectivity index (χ3v) is 2.09. The monoisotopic (exact) mass is 172 g/mol. The summed E-state index contributed by atoms with van der Waals surface area (Å²) in [6, 6.07) is 0. The fourth-order valence-electron chi connectivity index (χ4n) is 0.781. The third kappa shape index (κ3) is 1.37. The SMILES string of the molecule is CSc1ncc(C(=O)O)n1C. The Labute approximate surface area is 68.2 Å². The largest absolute Gasteiger partial charge is 0.477 e. The van der Waals surface area contributed by atoms with E-state index in [4.69, 9.17) is 5.11 Å². The Balaban J connectivity index is 3.10. The highest BCUT2D eigenvalue weighted by Gasteiger charge is 2.10. The van der Waals surface area contributed by atoms with E-state index in [1.54, 1.807) is 11.6 Å². The van der Waals surface area contributed by atoms with Gasteiger partial charge in [0.1, 0.15) is 5.69 Å². The molecule has 0 aromatic carbocycles. The number of carboxylic acid groups (broad SMARTS) is 1. The van der Waals surface area contributed by atoms with Gasteiger partial charge in [0.15, 0.2) is 5.16 Å². The lowest BCUT2D eigenvalue weighted by Gasteiger charge is -1.97. The molecule has 1 heterocycles. The van der Waals surface area contributed by atoms with Crippen LogP contribution >= 0.6 is 11.8 Å². The van der Waals surface area contributed by atoms with Crippen LogP contribution in [0.1, 0.15) is 10.5 Å². The predicted octanol–water partition coefficient (Wildman–Crippen LogP) is 0.840. The predicted molar refractivity (Wildman–Crippen MR) is 41.9 cm³/mol. The van der Waals surface area contributed by atoms with Crippen LogP contribution in [0.15, 0.2) is 11.4 Å². The van der Waals surface area contributed by atoms with Crippen LogP contribution < -0.4 is 0 Å². The molecule has 5 heteroatoms. The average molecular weight is 172 g/mol. The zero-order valence-electron chi connectivity index (χ0n) is 6.24. The lowest BCUT2D eigenvalue weighted by Crippen LogP contribution is -2.04. The minimum Gasteiger partial charge on any atom is -0.477 e. The Bertz CT molecular complexity index is 282. The van der Waals surface area contributed by atoms with Crippen LogP contribution in [-0.4, -0.2) is 26.9 Å². The van der Waals surface area contributed by atoms with Crippen molar-refractivity contribution < 1.29 is 9.90 Å². The van der Waals surface area contributed by atoms with Crippen LogP contribution in [0, 0.1) is 0 Å². The molecule has 1 aromatic rings. The molecule has 11 heavy (non-hydrogen) atoms. The zero-order valence-corrected chi connectivity index (χ0v) is 7.05. The van der Waals surface area contributed by atoms with Gasteiger partial charge in [-0.25, -0.2) is 9.78 Å². The van der Waals surface area contributed by atoms with Gasteiger partial charge in [-0.3, -0.25) is 0 Å². The Hall–Kier alpha value is -0.970. The van der Waals surface area contributed by atoms with Crippen molar-refractivity contribution in [3.05, 3.63) is 11.9 Å². The molecular formula is C6H8N2O2S. The van der Waals surface area contributed by atoms with E-state index in [0.717, 1.165) is 0 Å². The topological polar surface area (TPSA) is 55.1 Å². The Morgan fingerprint density at radius 3 is 2.73 bits per heavy atom. The third-order valence-electron chi connectivity index (χ3n) is 1.35. The maximum absolute atomic E-state index is 10.5. The van der Waals surface area contributed by atoms with E-state index in [2.05, 4.69) is 4.98 Å². The van der Waals surface area contributed by atoms with Crippen molar-refractivity contribution in [2.45, 2.75) is 5.16 Å². The summed E-state index contributed by atoms with van der Waals surface area (Å²) in [7, 11) is 1.68. The van der Waals surface area contributed by atoms with E-state index >= 15 is 0 Å². The van der Waals surface area contributed by atoms with Gasteiger partial charge in [-0.2, -0.15) is 0 Å². The van der Waals surface area contributed by atoms with Crippen molar-refractivity contribution in [3.8, 4) is 0 Å². The molecule has 0 atom stereocenters. The van der Waals surface area contributed by atoms with Gasteiger partial charge >= 0.3 is 5.97 Å². The van der Waals surface area contributed by atoms with Gasteiger partial charge in [0, 0.05) is 7.05 Å². The number of nitrogens with zero attached hydrogens (tertiary/aromatic N) is 2. The van der Waals surface area contributed by atoms with Crippen LogP contribution in [0.3, 0.4) is 0 Å². The molecule has 0 aliphatic rings. The van der Waals surface area contributed by atoms with Crippen LogP contribution in [-0.2, 0) is 7.05 Å². The summed E-state index contributed by atoms with van der Waals surface area (Å²) < 4.78 is 1.55. The summed E-state index contributed by atoms with van der Waals surface area (Å²) >= 11 is 1.42. The molecule has 0 unspecified atom stereocenters. The number of thioether (sulfide) groups is 1. The van der Waals surface area contributed by atoms with Gasteiger partial charge in [-0.15, -0.1) is 0 Å². The number of hydrogen-bond donors (Lipinski definition) is 1. The molecular weight excluding hydrogens is 164 g/mol. The molecule has 1 N–H and O–H groups in total. The van der Waals surface area contributed by atoms with Gasteiger partial charge < -0.3 is 9.67 Å². The first-order chi connectivity index (χ1) is 5.16. The Morgan fingerprint density at radius 2 is 2.45 bits per heavy atom. The molecule has 0 radical (unpaired) electrons. The molecule has 1 aromatic heterocycles. The van der Waals surface area contributed by atoms with Crippen LogP contribution in [0.4, 0.5) is 0 Å². The van der Waals surface area contributed by atoms with Crippen LogP contribution in [0.25, 0.3) is 0 Å². The molecule has 0 saturated heterocycles. The molecule has 4 nitrogen and oxygen atoms in total. The molecule has 1 rings (SSSR count). The highest BCUT2D eigenvalue weighted by atomic mass is 32.2. The van der Waals surface area contributed by atoms with E-state index in [1.165, 1.54) is 18.0 Å². The first-order valence-corrected chi connectivity index (χ1v) is 4.18. The van der Waals surface area contributed by atoms with E-state index in [9.17, 15) is 4.79 Å². The van der Waals surface area contributed by atoms with Gasteiger partial charge in [0.25, 0.3) is 0 Å². The maximum Gasteiger partial charge on any atom is 0.354 e. The van der Waals surface area contributed by atoms with E-state index in [-0.39, 0.29) is 5.69 Å². The van der Waals surface area contributed by atoms with Crippen molar-refractivity contribution in [1.29, 1.82) is 0 Å². The van der Waals surface area contributed by atoms with Gasteiger partial charge in [0.2, 0.25) is 0 Å². The van der Waals surface area contributed by atoms with Crippen molar-refractivity contribution >= 4 is 17.7 Å². The van der Waals surface area contributed by atoms with Gasteiger partial charge in [-0.1, -0.05) is 11.8 Å². The highest BCUT2D eigenvalue weighted by Crippen LogP contribution is 2.12. The van der Waals surface area contributed by atoms with Crippen molar-refractivity contribution in [2.75, 3.05) is 6.26 Å².